The van der Waals surface area contributed by atoms with E-state index in [9.17, 15) is 4.79 Å². The van der Waals surface area contributed by atoms with Crippen molar-refractivity contribution in [2.24, 2.45) is 0 Å². The van der Waals surface area contributed by atoms with Crippen molar-refractivity contribution in [1.82, 2.24) is 5.32 Å². The number of aryl methyl sites for hydroxylation is 1. The lowest BCUT2D eigenvalue weighted by molar-refractivity contribution is -0.121. The Morgan fingerprint density at radius 2 is 1.82 bits per heavy atom. The molecule has 0 saturated heterocycles. The Kier molecular flexibility index (Phi) is 8.41. The minimum Gasteiger partial charge on any atom is -0.397 e. The molecule has 4 heteroatoms. The number of hydrogen-bond donors (Lipinski definition) is 2. The smallest absolute Gasteiger partial charge is 0.220 e. The van der Waals surface area contributed by atoms with Crippen LogP contribution in [-0.4, -0.2) is 25.5 Å². The van der Waals surface area contributed by atoms with Gasteiger partial charge >= 0.3 is 0 Å². The number of rotatable bonds is 10. The van der Waals surface area contributed by atoms with Gasteiger partial charge in [0.25, 0.3) is 0 Å². The third-order valence-electron chi connectivity index (χ3n) is 3.63. The summed E-state index contributed by atoms with van der Waals surface area (Å²) in [5.74, 6) is 0.114. The largest absolute Gasteiger partial charge is 0.397 e. The first-order chi connectivity index (χ1) is 10.6. The average Bonchev–Trinajstić information content (AvgIpc) is 2.51. The second-order valence-electron chi connectivity index (χ2n) is 5.73. The Balaban J connectivity index is 2.66. The number of benzene rings is 1. The van der Waals surface area contributed by atoms with Gasteiger partial charge in [-0.2, -0.15) is 0 Å². The maximum absolute atomic E-state index is 11.7. The van der Waals surface area contributed by atoms with Crippen molar-refractivity contribution in [3.05, 3.63) is 23.8 Å². The van der Waals surface area contributed by atoms with E-state index >= 15 is 0 Å². The van der Waals surface area contributed by atoms with E-state index in [1.165, 1.54) is 0 Å². The lowest BCUT2D eigenvalue weighted by Gasteiger charge is -2.25. The Morgan fingerprint density at radius 1 is 1.14 bits per heavy atom. The topological polar surface area (TPSA) is 58.4 Å². The molecule has 0 heterocycles. The molecule has 0 aromatic heterocycles. The summed E-state index contributed by atoms with van der Waals surface area (Å²) in [6.45, 7) is 9.22. The Labute approximate surface area is 135 Å². The van der Waals surface area contributed by atoms with Gasteiger partial charge in [-0.3, -0.25) is 4.79 Å². The molecule has 3 N–H and O–H groups in total. The van der Waals surface area contributed by atoms with Crippen molar-refractivity contribution < 1.29 is 4.79 Å². The standard InChI is InChI=1S/C18H31N3O/c1-4-11-20-18(22)10-8-15-7-9-17(16(19)14-15)21(12-5-2)13-6-3/h7,9,14H,4-6,8,10-13,19H2,1-3H3,(H,20,22). The molecule has 0 aliphatic carbocycles. The van der Waals surface area contributed by atoms with E-state index in [4.69, 9.17) is 5.73 Å². The van der Waals surface area contributed by atoms with Gasteiger partial charge in [-0.15, -0.1) is 0 Å². The third kappa shape index (κ3) is 5.96. The van der Waals surface area contributed by atoms with Gasteiger partial charge in [0.2, 0.25) is 5.91 Å². The summed E-state index contributed by atoms with van der Waals surface area (Å²) in [6.07, 6.45) is 4.45. The zero-order valence-corrected chi connectivity index (χ0v) is 14.3. The summed E-state index contributed by atoms with van der Waals surface area (Å²) in [6, 6.07) is 6.21. The monoisotopic (exact) mass is 305 g/mol. The van der Waals surface area contributed by atoms with Crippen molar-refractivity contribution in [3.8, 4) is 0 Å². The zero-order chi connectivity index (χ0) is 16.4. The van der Waals surface area contributed by atoms with E-state index in [0.29, 0.717) is 6.42 Å². The lowest BCUT2D eigenvalue weighted by atomic mass is 10.1. The van der Waals surface area contributed by atoms with Crippen LogP contribution in [0.5, 0.6) is 0 Å². The third-order valence-corrected chi connectivity index (χ3v) is 3.63. The molecule has 1 aromatic carbocycles. The molecule has 0 bridgehead atoms. The quantitative estimate of drug-likeness (QED) is 0.652. The number of hydrogen-bond acceptors (Lipinski definition) is 3. The number of nitrogens with zero attached hydrogens (tertiary/aromatic N) is 1. The highest BCUT2D eigenvalue weighted by Crippen LogP contribution is 2.25. The van der Waals surface area contributed by atoms with Crippen LogP contribution in [0.2, 0.25) is 0 Å². The molecule has 0 aliphatic heterocycles. The predicted molar refractivity (Wildman–Crippen MR) is 95.3 cm³/mol. The normalized spacial score (nSPS) is 10.5. The highest BCUT2D eigenvalue weighted by Gasteiger charge is 2.09. The summed E-state index contributed by atoms with van der Waals surface area (Å²) in [5, 5.41) is 2.90. The van der Waals surface area contributed by atoms with E-state index in [1.807, 2.05) is 6.07 Å². The van der Waals surface area contributed by atoms with Crippen molar-refractivity contribution in [3.63, 3.8) is 0 Å². The fourth-order valence-corrected chi connectivity index (χ4v) is 2.55. The fourth-order valence-electron chi connectivity index (χ4n) is 2.55. The zero-order valence-electron chi connectivity index (χ0n) is 14.3. The first-order valence-electron chi connectivity index (χ1n) is 8.52. The molecule has 1 aromatic rings. The molecular formula is C18H31N3O. The minimum absolute atomic E-state index is 0.114. The molecule has 0 fully saturated rings. The van der Waals surface area contributed by atoms with Gasteiger partial charge in [0.15, 0.2) is 0 Å². The molecule has 0 unspecified atom stereocenters. The average molecular weight is 305 g/mol. The first-order valence-corrected chi connectivity index (χ1v) is 8.52. The predicted octanol–water partition coefficient (Wildman–Crippen LogP) is 3.35. The number of nitrogen functional groups attached to an aromatic ring is 1. The second kappa shape index (κ2) is 10.1. The number of carbonyl (C=O) groups is 1. The minimum atomic E-state index is 0.114. The second-order valence-corrected chi connectivity index (χ2v) is 5.73. The number of nitrogens with one attached hydrogen (secondary N) is 1. The maximum Gasteiger partial charge on any atom is 0.220 e. The van der Waals surface area contributed by atoms with Gasteiger partial charge < -0.3 is 16.0 Å². The van der Waals surface area contributed by atoms with Crippen molar-refractivity contribution in [1.29, 1.82) is 0 Å². The van der Waals surface area contributed by atoms with Crippen LogP contribution in [0.4, 0.5) is 11.4 Å². The number of nitrogens with two attached hydrogens (primary N) is 1. The highest BCUT2D eigenvalue weighted by molar-refractivity contribution is 5.76. The van der Waals surface area contributed by atoms with Crippen LogP contribution in [0.1, 0.15) is 52.0 Å². The van der Waals surface area contributed by atoms with Crippen LogP contribution in [0.15, 0.2) is 18.2 Å². The first kappa shape index (κ1) is 18.3. The molecule has 0 atom stereocenters. The Hall–Kier alpha value is -1.71. The van der Waals surface area contributed by atoms with Gasteiger partial charge in [0.05, 0.1) is 11.4 Å². The van der Waals surface area contributed by atoms with Gasteiger partial charge in [0.1, 0.15) is 0 Å². The molecule has 22 heavy (non-hydrogen) atoms. The van der Waals surface area contributed by atoms with Crippen LogP contribution >= 0.6 is 0 Å². The molecule has 0 aliphatic rings. The van der Waals surface area contributed by atoms with Crippen LogP contribution < -0.4 is 16.0 Å². The van der Waals surface area contributed by atoms with Crippen LogP contribution in [0, 0.1) is 0 Å². The van der Waals surface area contributed by atoms with E-state index in [1.54, 1.807) is 0 Å². The van der Waals surface area contributed by atoms with E-state index in [-0.39, 0.29) is 5.91 Å². The summed E-state index contributed by atoms with van der Waals surface area (Å²) in [5.41, 5.74) is 9.28. The summed E-state index contributed by atoms with van der Waals surface area (Å²) in [4.78, 5) is 14.0. The van der Waals surface area contributed by atoms with Gasteiger partial charge in [-0.05, 0) is 43.4 Å². The van der Waals surface area contributed by atoms with Crippen molar-refractivity contribution in [2.45, 2.75) is 52.9 Å². The highest BCUT2D eigenvalue weighted by atomic mass is 16.1. The number of carbonyl (C=O) groups excluding carboxylic acids is 1. The van der Waals surface area contributed by atoms with Gasteiger partial charge in [-0.1, -0.05) is 26.8 Å². The molecule has 1 amide bonds. The number of anilines is 2. The summed E-state index contributed by atoms with van der Waals surface area (Å²) in [7, 11) is 0. The molecule has 0 saturated carbocycles. The van der Waals surface area contributed by atoms with E-state index in [2.05, 4.69) is 43.1 Å². The van der Waals surface area contributed by atoms with E-state index in [0.717, 1.165) is 62.3 Å². The Bertz CT molecular complexity index is 454. The fraction of sp³-hybridized carbons (Fsp3) is 0.611. The SMILES string of the molecule is CCCNC(=O)CCc1ccc(N(CCC)CCC)c(N)c1. The van der Waals surface area contributed by atoms with Crippen molar-refractivity contribution in [2.75, 3.05) is 30.3 Å². The van der Waals surface area contributed by atoms with Crippen LogP contribution in [-0.2, 0) is 11.2 Å². The summed E-state index contributed by atoms with van der Waals surface area (Å²) < 4.78 is 0. The molecule has 4 nitrogen and oxygen atoms in total. The summed E-state index contributed by atoms with van der Waals surface area (Å²) >= 11 is 0. The lowest BCUT2D eigenvalue weighted by Crippen LogP contribution is -2.26. The van der Waals surface area contributed by atoms with Crippen molar-refractivity contribution >= 4 is 17.3 Å². The van der Waals surface area contributed by atoms with Crippen LogP contribution in [0.25, 0.3) is 0 Å². The van der Waals surface area contributed by atoms with Crippen LogP contribution in [0.3, 0.4) is 0 Å². The van der Waals surface area contributed by atoms with E-state index < -0.39 is 0 Å². The molecule has 1 rings (SSSR count). The maximum atomic E-state index is 11.7. The molecule has 0 spiro atoms. The van der Waals surface area contributed by atoms with Gasteiger partial charge in [0, 0.05) is 26.1 Å². The molecular weight excluding hydrogens is 274 g/mol. The Morgan fingerprint density at radius 3 is 2.36 bits per heavy atom. The number of amides is 1. The van der Waals surface area contributed by atoms with Gasteiger partial charge in [-0.25, -0.2) is 0 Å². The molecule has 0 radical (unpaired) electrons. The molecule has 124 valence electrons.